The molecule has 0 fully saturated rings. The molecule has 3 aromatic carbocycles. The topological polar surface area (TPSA) is 94.3 Å². The number of ether oxygens (including phenoxy) is 1. The predicted molar refractivity (Wildman–Crippen MR) is 124 cm³/mol. The molecule has 1 unspecified atom stereocenters. The van der Waals surface area contributed by atoms with Gasteiger partial charge in [-0.1, -0.05) is 41.6 Å². The van der Waals surface area contributed by atoms with Crippen LogP contribution in [0.1, 0.15) is 6.42 Å². The van der Waals surface area contributed by atoms with Gasteiger partial charge in [0.05, 0.1) is 12.5 Å². The lowest BCUT2D eigenvalue weighted by molar-refractivity contribution is -0.136. The summed E-state index contributed by atoms with van der Waals surface area (Å²) in [5, 5.41) is 17.4. The predicted octanol–water partition coefficient (Wildman–Crippen LogP) is 4.10. The molecule has 7 nitrogen and oxygen atoms in total. The number of carbonyl (C=O) groups is 1. The summed E-state index contributed by atoms with van der Waals surface area (Å²) in [7, 11) is 1.63. The van der Waals surface area contributed by atoms with Crippen molar-refractivity contribution in [3.63, 3.8) is 0 Å². The second-order valence-electron chi connectivity index (χ2n) is 7.12. The molecule has 0 aliphatic rings. The number of aryl methyl sites for hydroxylation is 1. The molecule has 1 N–H and O–H groups in total. The summed E-state index contributed by atoms with van der Waals surface area (Å²) < 4.78 is 6.41. The summed E-state index contributed by atoms with van der Waals surface area (Å²) in [6, 6.07) is 22.4. The highest BCUT2D eigenvalue weighted by atomic mass is 32.2. The molecule has 0 aliphatic carbocycles. The number of benzene rings is 3. The van der Waals surface area contributed by atoms with Gasteiger partial charge in [-0.15, -0.1) is 16.9 Å². The fourth-order valence-electron chi connectivity index (χ4n) is 3.32. The highest BCUT2D eigenvalue weighted by Crippen LogP contribution is 2.29. The molecule has 1 aromatic heterocycles. The highest BCUT2D eigenvalue weighted by molar-refractivity contribution is 8.00. The molecule has 1 atom stereocenters. The van der Waals surface area contributed by atoms with Crippen molar-refractivity contribution in [2.75, 3.05) is 7.11 Å². The Bertz CT molecular complexity index is 1290. The van der Waals surface area contributed by atoms with Crippen molar-refractivity contribution in [3.05, 3.63) is 83.2 Å². The van der Waals surface area contributed by atoms with Crippen LogP contribution in [0.2, 0.25) is 0 Å². The van der Waals surface area contributed by atoms with E-state index in [1.54, 1.807) is 31.4 Å². The Morgan fingerprint density at radius 2 is 1.69 bits per heavy atom. The maximum absolute atomic E-state index is 12.6. The van der Waals surface area contributed by atoms with E-state index in [2.05, 4.69) is 10.3 Å². The monoisotopic (exact) mass is 447 g/mol. The van der Waals surface area contributed by atoms with Gasteiger partial charge in [0.1, 0.15) is 16.5 Å². The van der Waals surface area contributed by atoms with Gasteiger partial charge in [0.2, 0.25) is 0 Å². The third-order valence-corrected chi connectivity index (χ3v) is 6.33. The Labute approximate surface area is 188 Å². The zero-order valence-corrected chi connectivity index (χ0v) is 18.2. The van der Waals surface area contributed by atoms with Crippen LogP contribution in [0.4, 0.5) is 0 Å². The van der Waals surface area contributed by atoms with Crippen LogP contribution in [0.3, 0.4) is 0 Å². The smallest absolute Gasteiger partial charge is 0.317 e. The number of hydrogen-bond acceptors (Lipinski definition) is 6. The largest absolute Gasteiger partial charge is 0.497 e. The standard InChI is InChI=1S/C24H21N3O4S/c1-31-18-10-6-16(7-11-18)17-8-12-19(13-9-17)32-22(24(29)30)14-15-27-23(28)20-4-2-3-5-21(20)25-26-27/h2-13,22H,14-15H2,1H3,(H,29,30). The van der Waals surface area contributed by atoms with Gasteiger partial charge >= 0.3 is 5.97 Å². The number of methoxy groups -OCH3 is 1. The molecular weight excluding hydrogens is 426 g/mol. The number of rotatable bonds is 8. The van der Waals surface area contributed by atoms with E-state index in [1.807, 2.05) is 48.5 Å². The second-order valence-corrected chi connectivity index (χ2v) is 8.40. The first-order valence-corrected chi connectivity index (χ1v) is 10.9. The van der Waals surface area contributed by atoms with E-state index in [9.17, 15) is 14.7 Å². The quantitative estimate of drug-likeness (QED) is 0.406. The number of carboxylic acid groups (broad SMARTS) is 1. The summed E-state index contributed by atoms with van der Waals surface area (Å²) in [6.07, 6.45) is 0.243. The maximum atomic E-state index is 12.6. The molecular formula is C24H21N3O4S. The molecule has 4 rings (SSSR count). The van der Waals surface area contributed by atoms with Gasteiger partial charge in [-0.25, -0.2) is 4.68 Å². The van der Waals surface area contributed by atoms with Crippen LogP contribution in [0.25, 0.3) is 22.0 Å². The SMILES string of the molecule is COc1ccc(-c2ccc(SC(CCn3nnc4ccccc4c3=O)C(=O)O)cc2)cc1. The highest BCUT2D eigenvalue weighted by Gasteiger charge is 2.20. The Balaban J connectivity index is 1.45. The van der Waals surface area contributed by atoms with Crippen LogP contribution < -0.4 is 10.3 Å². The lowest BCUT2D eigenvalue weighted by Crippen LogP contribution is -2.27. The van der Waals surface area contributed by atoms with Crippen molar-refractivity contribution in [3.8, 4) is 16.9 Å². The summed E-state index contributed by atoms with van der Waals surface area (Å²) in [5.74, 6) is -0.142. The molecule has 4 aromatic rings. The number of nitrogens with zero attached hydrogens (tertiary/aromatic N) is 3. The molecule has 0 saturated heterocycles. The van der Waals surface area contributed by atoms with Crippen molar-refractivity contribution in [1.29, 1.82) is 0 Å². The number of aromatic nitrogens is 3. The van der Waals surface area contributed by atoms with Crippen LogP contribution in [0.15, 0.2) is 82.5 Å². The lowest BCUT2D eigenvalue weighted by atomic mass is 10.1. The minimum absolute atomic E-state index is 0.171. The Hall–Kier alpha value is -3.65. The van der Waals surface area contributed by atoms with E-state index in [0.29, 0.717) is 10.9 Å². The average Bonchev–Trinajstić information content (AvgIpc) is 2.83. The second kappa shape index (κ2) is 9.65. The Kier molecular flexibility index (Phi) is 6.51. The van der Waals surface area contributed by atoms with Gasteiger partial charge in [-0.3, -0.25) is 9.59 Å². The number of carboxylic acids is 1. The first-order chi connectivity index (χ1) is 15.5. The zero-order chi connectivity index (χ0) is 22.5. The summed E-state index contributed by atoms with van der Waals surface area (Å²) in [6.45, 7) is 0.171. The van der Waals surface area contributed by atoms with E-state index in [-0.39, 0.29) is 18.5 Å². The van der Waals surface area contributed by atoms with Crippen molar-refractivity contribution >= 4 is 28.6 Å². The molecule has 0 amide bonds. The first kappa shape index (κ1) is 21.6. The van der Waals surface area contributed by atoms with Gasteiger partial charge in [0.25, 0.3) is 5.56 Å². The Morgan fingerprint density at radius 1 is 1.03 bits per heavy atom. The van der Waals surface area contributed by atoms with E-state index < -0.39 is 11.2 Å². The van der Waals surface area contributed by atoms with E-state index >= 15 is 0 Å². The first-order valence-electron chi connectivity index (χ1n) is 10.0. The third-order valence-electron chi connectivity index (χ3n) is 5.06. The van der Waals surface area contributed by atoms with Crippen molar-refractivity contribution < 1.29 is 14.6 Å². The van der Waals surface area contributed by atoms with Gasteiger partial charge in [0, 0.05) is 11.4 Å². The zero-order valence-electron chi connectivity index (χ0n) is 17.3. The fraction of sp³-hybridized carbons (Fsp3) is 0.167. The summed E-state index contributed by atoms with van der Waals surface area (Å²) >= 11 is 1.25. The van der Waals surface area contributed by atoms with Gasteiger partial charge in [-0.2, -0.15) is 0 Å². The van der Waals surface area contributed by atoms with E-state index in [0.717, 1.165) is 21.8 Å². The van der Waals surface area contributed by atoms with E-state index in [4.69, 9.17) is 4.74 Å². The molecule has 8 heteroatoms. The normalized spacial score (nSPS) is 11.9. The minimum atomic E-state index is -0.934. The maximum Gasteiger partial charge on any atom is 0.317 e. The van der Waals surface area contributed by atoms with Crippen LogP contribution in [-0.4, -0.2) is 38.4 Å². The summed E-state index contributed by atoms with van der Waals surface area (Å²) in [4.78, 5) is 25.2. The number of fused-ring (bicyclic) bond motifs is 1. The van der Waals surface area contributed by atoms with Crippen molar-refractivity contribution in [1.82, 2.24) is 15.0 Å². The van der Waals surface area contributed by atoms with Crippen LogP contribution in [0, 0.1) is 0 Å². The van der Waals surface area contributed by atoms with Crippen molar-refractivity contribution in [2.45, 2.75) is 23.1 Å². The Morgan fingerprint density at radius 3 is 2.34 bits per heavy atom. The summed E-state index contributed by atoms with van der Waals surface area (Å²) in [5.41, 5.74) is 2.33. The average molecular weight is 448 g/mol. The third kappa shape index (κ3) is 4.81. The molecule has 0 spiro atoms. The fourth-order valence-corrected chi connectivity index (χ4v) is 4.26. The van der Waals surface area contributed by atoms with Crippen LogP contribution in [0.5, 0.6) is 5.75 Å². The molecule has 1 heterocycles. The number of hydrogen-bond donors (Lipinski definition) is 1. The van der Waals surface area contributed by atoms with Gasteiger partial charge in [0.15, 0.2) is 0 Å². The lowest BCUT2D eigenvalue weighted by Gasteiger charge is -2.13. The molecule has 0 aliphatic heterocycles. The van der Waals surface area contributed by atoms with E-state index in [1.165, 1.54) is 16.4 Å². The molecule has 32 heavy (non-hydrogen) atoms. The number of thioether (sulfide) groups is 1. The molecule has 0 radical (unpaired) electrons. The molecule has 0 saturated carbocycles. The van der Waals surface area contributed by atoms with Gasteiger partial charge in [-0.05, 0) is 53.9 Å². The van der Waals surface area contributed by atoms with Crippen LogP contribution >= 0.6 is 11.8 Å². The molecule has 0 bridgehead atoms. The van der Waals surface area contributed by atoms with Crippen LogP contribution in [-0.2, 0) is 11.3 Å². The molecule has 162 valence electrons. The van der Waals surface area contributed by atoms with Gasteiger partial charge < -0.3 is 9.84 Å². The minimum Gasteiger partial charge on any atom is -0.497 e. The number of aliphatic carboxylic acids is 1. The van der Waals surface area contributed by atoms with Crippen molar-refractivity contribution in [2.24, 2.45) is 0 Å².